The first-order valence-corrected chi connectivity index (χ1v) is 5.86. The van der Waals surface area contributed by atoms with Gasteiger partial charge < -0.3 is 10.0 Å². The van der Waals surface area contributed by atoms with Crippen LogP contribution >= 0.6 is 0 Å². The molecule has 5 nitrogen and oxygen atoms in total. The maximum Gasteiger partial charge on any atom is 0.310 e. The highest BCUT2D eigenvalue weighted by Gasteiger charge is 2.34. The van der Waals surface area contributed by atoms with Gasteiger partial charge in [0, 0.05) is 23.9 Å². The fraction of sp³-hybridized carbons (Fsp3) is 0.308. The van der Waals surface area contributed by atoms with E-state index in [2.05, 4.69) is 10.2 Å². The smallest absolute Gasteiger partial charge is 0.310 e. The fourth-order valence-electron chi connectivity index (χ4n) is 2.26. The van der Waals surface area contributed by atoms with Gasteiger partial charge in [-0.3, -0.25) is 4.79 Å². The molecule has 0 bridgehead atoms. The van der Waals surface area contributed by atoms with Gasteiger partial charge in [0.05, 0.1) is 11.6 Å². The van der Waals surface area contributed by atoms with Crippen molar-refractivity contribution in [1.82, 2.24) is 10.2 Å². The summed E-state index contributed by atoms with van der Waals surface area (Å²) in [4.78, 5) is 12.8. The van der Waals surface area contributed by atoms with Crippen LogP contribution in [0.3, 0.4) is 0 Å². The van der Waals surface area contributed by atoms with Gasteiger partial charge in [-0.2, -0.15) is 5.10 Å². The van der Waals surface area contributed by atoms with Crippen molar-refractivity contribution in [2.24, 2.45) is 5.92 Å². The number of rotatable bonds is 2. The first-order chi connectivity index (χ1) is 8.66. The third-order valence-electron chi connectivity index (χ3n) is 3.38. The molecule has 3 rings (SSSR count). The monoisotopic (exact) mass is 243 g/mol. The minimum atomic E-state index is -0.740. The molecule has 1 aliphatic heterocycles. The molecule has 1 aromatic heterocycles. The van der Waals surface area contributed by atoms with E-state index >= 15 is 0 Å². The van der Waals surface area contributed by atoms with Crippen molar-refractivity contribution >= 4 is 22.6 Å². The maximum absolute atomic E-state index is 10.8. The molecule has 0 amide bonds. The van der Waals surface area contributed by atoms with Crippen molar-refractivity contribution in [1.29, 1.82) is 0 Å². The number of carbonyl (C=O) groups is 1. The highest BCUT2D eigenvalue weighted by molar-refractivity contribution is 5.94. The van der Waals surface area contributed by atoms with E-state index in [1.54, 1.807) is 0 Å². The molecule has 0 radical (unpaired) electrons. The lowest BCUT2D eigenvalue weighted by Crippen LogP contribution is -2.51. The fourth-order valence-corrected chi connectivity index (χ4v) is 2.26. The predicted molar refractivity (Wildman–Crippen MR) is 67.6 cm³/mol. The minimum absolute atomic E-state index is 0.285. The first kappa shape index (κ1) is 11.0. The molecule has 1 N–H and O–H groups in total. The van der Waals surface area contributed by atoms with Crippen LogP contribution in [0.1, 0.15) is 5.69 Å². The number of carboxylic acid groups (broad SMARTS) is 1. The Morgan fingerprint density at radius 2 is 1.94 bits per heavy atom. The number of hydrogen-bond donors (Lipinski definition) is 1. The van der Waals surface area contributed by atoms with Crippen molar-refractivity contribution in [3.8, 4) is 0 Å². The van der Waals surface area contributed by atoms with Crippen LogP contribution in [-0.2, 0) is 4.79 Å². The van der Waals surface area contributed by atoms with E-state index < -0.39 is 5.97 Å². The van der Waals surface area contributed by atoms with Gasteiger partial charge in [-0.05, 0) is 6.92 Å². The van der Waals surface area contributed by atoms with E-state index in [1.165, 1.54) is 0 Å². The molecule has 0 unspecified atom stereocenters. The molecule has 0 saturated carbocycles. The van der Waals surface area contributed by atoms with Gasteiger partial charge in [-0.15, -0.1) is 5.10 Å². The summed E-state index contributed by atoms with van der Waals surface area (Å²) in [5.74, 6) is -0.240. The Kier molecular flexibility index (Phi) is 2.40. The number of nitrogens with zero attached hydrogens (tertiary/aromatic N) is 3. The molecule has 18 heavy (non-hydrogen) atoms. The summed E-state index contributed by atoms with van der Waals surface area (Å²) in [5.41, 5.74) is 0.893. The Balaban J connectivity index is 1.99. The van der Waals surface area contributed by atoms with Gasteiger partial charge in [0.2, 0.25) is 0 Å². The van der Waals surface area contributed by atoms with E-state index in [0.29, 0.717) is 13.1 Å². The van der Waals surface area contributed by atoms with Gasteiger partial charge in [0.25, 0.3) is 0 Å². The summed E-state index contributed by atoms with van der Waals surface area (Å²) in [6.07, 6.45) is 0. The second kappa shape index (κ2) is 3.94. The highest BCUT2D eigenvalue weighted by Crippen LogP contribution is 2.30. The summed E-state index contributed by atoms with van der Waals surface area (Å²) in [7, 11) is 0. The van der Waals surface area contributed by atoms with Crippen LogP contribution < -0.4 is 4.90 Å². The zero-order valence-electron chi connectivity index (χ0n) is 10.00. The first-order valence-electron chi connectivity index (χ1n) is 5.86. The van der Waals surface area contributed by atoms with E-state index in [1.807, 2.05) is 36.1 Å². The lowest BCUT2D eigenvalue weighted by atomic mass is 9.99. The average molecular weight is 243 g/mol. The second-order valence-electron chi connectivity index (χ2n) is 4.59. The third-order valence-corrected chi connectivity index (χ3v) is 3.38. The van der Waals surface area contributed by atoms with Crippen molar-refractivity contribution in [3.05, 3.63) is 30.0 Å². The largest absolute Gasteiger partial charge is 0.481 e. The Labute approximate surface area is 104 Å². The van der Waals surface area contributed by atoms with E-state index in [-0.39, 0.29) is 5.92 Å². The maximum atomic E-state index is 10.8. The van der Waals surface area contributed by atoms with Crippen LogP contribution in [0.15, 0.2) is 24.3 Å². The Bertz CT molecular complexity index is 621. The van der Waals surface area contributed by atoms with E-state index in [9.17, 15) is 4.79 Å². The molecule has 92 valence electrons. The number of aromatic nitrogens is 2. The molecule has 0 atom stereocenters. The minimum Gasteiger partial charge on any atom is -0.481 e. The molecule has 1 saturated heterocycles. The normalized spacial score (nSPS) is 15.7. The molecule has 1 aliphatic rings. The molecule has 5 heteroatoms. The molecule has 0 spiro atoms. The molecule has 0 aliphatic carbocycles. The van der Waals surface area contributed by atoms with Gasteiger partial charge in [-0.25, -0.2) is 0 Å². The Morgan fingerprint density at radius 3 is 2.61 bits per heavy atom. The van der Waals surface area contributed by atoms with Crippen molar-refractivity contribution < 1.29 is 9.90 Å². The molecule has 1 fully saturated rings. The number of anilines is 1. The zero-order valence-corrected chi connectivity index (χ0v) is 10.00. The van der Waals surface area contributed by atoms with Crippen LogP contribution in [0.2, 0.25) is 0 Å². The number of fused-ring (bicyclic) bond motifs is 1. The summed E-state index contributed by atoms with van der Waals surface area (Å²) < 4.78 is 0. The average Bonchev–Trinajstić information content (AvgIpc) is 2.30. The van der Waals surface area contributed by atoms with Crippen LogP contribution in [0.5, 0.6) is 0 Å². The van der Waals surface area contributed by atoms with Crippen LogP contribution in [0.4, 0.5) is 5.82 Å². The Hall–Kier alpha value is -2.17. The van der Waals surface area contributed by atoms with E-state index in [0.717, 1.165) is 22.3 Å². The van der Waals surface area contributed by atoms with Gasteiger partial charge in [0.15, 0.2) is 5.82 Å². The number of carboxylic acids is 1. The second-order valence-corrected chi connectivity index (χ2v) is 4.59. The summed E-state index contributed by atoms with van der Waals surface area (Å²) in [6.45, 7) is 2.95. The predicted octanol–water partition coefficient (Wildman–Crippen LogP) is 1.46. The van der Waals surface area contributed by atoms with Gasteiger partial charge in [-0.1, -0.05) is 24.3 Å². The quantitative estimate of drug-likeness (QED) is 0.865. The summed E-state index contributed by atoms with van der Waals surface area (Å²) in [5, 5.41) is 19.3. The summed E-state index contributed by atoms with van der Waals surface area (Å²) in [6, 6.07) is 7.94. The zero-order chi connectivity index (χ0) is 12.7. The molecule has 2 heterocycles. The van der Waals surface area contributed by atoms with Gasteiger partial charge >= 0.3 is 5.97 Å². The van der Waals surface area contributed by atoms with Crippen molar-refractivity contribution in [2.45, 2.75) is 6.92 Å². The molecular formula is C13H13N3O2. The summed E-state index contributed by atoms with van der Waals surface area (Å²) >= 11 is 0. The molecular weight excluding hydrogens is 230 g/mol. The lowest BCUT2D eigenvalue weighted by Gasteiger charge is -2.37. The Morgan fingerprint density at radius 1 is 1.28 bits per heavy atom. The number of hydrogen-bond acceptors (Lipinski definition) is 4. The van der Waals surface area contributed by atoms with Crippen LogP contribution in [0, 0.1) is 12.8 Å². The van der Waals surface area contributed by atoms with Gasteiger partial charge in [0.1, 0.15) is 0 Å². The topological polar surface area (TPSA) is 66.3 Å². The van der Waals surface area contributed by atoms with Crippen molar-refractivity contribution in [2.75, 3.05) is 18.0 Å². The molecule has 1 aromatic carbocycles. The number of aliphatic carboxylic acids is 1. The van der Waals surface area contributed by atoms with E-state index in [4.69, 9.17) is 5.11 Å². The van der Waals surface area contributed by atoms with Crippen molar-refractivity contribution in [3.63, 3.8) is 0 Å². The molecule has 2 aromatic rings. The SMILES string of the molecule is Cc1nnc(N2CC(C(=O)O)C2)c2ccccc12. The standard InChI is InChI=1S/C13H13N3O2/c1-8-10-4-2-3-5-11(10)12(15-14-8)16-6-9(7-16)13(17)18/h2-5,9H,6-7H2,1H3,(H,17,18). The number of aryl methyl sites for hydroxylation is 1. The highest BCUT2D eigenvalue weighted by atomic mass is 16.4. The third kappa shape index (κ3) is 1.59. The van der Waals surface area contributed by atoms with Crippen LogP contribution in [0.25, 0.3) is 10.8 Å². The number of benzene rings is 1. The lowest BCUT2D eigenvalue weighted by molar-refractivity contribution is -0.142. The van der Waals surface area contributed by atoms with Crippen LogP contribution in [-0.4, -0.2) is 34.4 Å².